The van der Waals surface area contributed by atoms with Gasteiger partial charge < -0.3 is 15.7 Å². The zero-order valence-electron chi connectivity index (χ0n) is 14.6. The van der Waals surface area contributed by atoms with Gasteiger partial charge in [-0.25, -0.2) is 17.6 Å². The van der Waals surface area contributed by atoms with E-state index in [1.165, 1.54) is 0 Å². The number of halogens is 4. The van der Waals surface area contributed by atoms with Gasteiger partial charge in [0.05, 0.1) is 6.10 Å². The van der Waals surface area contributed by atoms with Crippen LogP contribution in [0.1, 0.15) is 50.8 Å². The molecule has 2 fully saturated rings. The van der Waals surface area contributed by atoms with Gasteiger partial charge in [0.2, 0.25) is 11.9 Å². The topological polar surface area (TPSA) is 83.0 Å². The summed E-state index contributed by atoms with van der Waals surface area (Å²) in [6.45, 7) is 0. The lowest BCUT2D eigenvalue weighted by atomic mass is 9.88. The number of hydrogen-bond donors (Lipinski definition) is 3. The number of anilines is 2. The van der Waals surface area contributed by atoms with Crippen molar-refractivity contribution in [3.05, 3.63) is 11.9 Å². The van der Waals surface area contributed by atoms with Gasteiger partial charge in [0, 0.05) is 37.8 Å². The quantitative estimate of drug-likeness (QED) is 0.673. The second-order valence-corrected chi connectivity index (χ2v) is 7.67. The normalized spacial score (nSPS) is 27.3. The lowest BCUT2D eigenvalue weighted by Crippen LogP contribution is -2.45. The number of aliphatic hydroxyl groups is 1. The molecule has 4 rings (SSSR count). The fourth-order valence-corrected chi connectivity index (χ4v) is 3.63. The van der Waals surface area contributed by atoms with Crippen LogP contribution in [0.15, 0.2) is 6.08 Å². The molecule has 0 saturated heterocycles. The Balaban J connectivity index is 1.54. The molecule has 0 spiro atoms. The van der Waals surface area contributed by atoms with Crippen LogP contribution in [-0.4, -0.2) is 50.1 Å². The summed E-state index contributed by atoms with van der Waals surface area (Å²) in [4.78, 5) is 12.8. The van der Waals surface area contributed by atoms with Crippen LogP contribution in [0.5, 0.6) is 0 Å². The number of rotatable bonds is 5. The standard InChI is InChI=1S/C17H21F4N5O/c18-16(19)5-10(6-16)22-14-24-13(9-2-1-3-12(27)4-9)25-15(26-14)23-11-7-17(20,21)8-11/h4,10-12,27H,1-3,5-8H2,(H2,22,23,24,25,26)/t12-/m1/s1. The van der Waals surface area contributed by atoms with Gasteiger partial charge in [-0.1, -0.05) is 0 Å². The van der Waals surface area contributed by atoms with E-state index in [9.17, 15) is 22.7 Å². The lowest BCUT2D eigenvalue weighted by molar-refractivity contribution is -0.0799. The van der Waals surface area contributed by atoms with Gasteiger partial charge in [0.15, 0.2) is 5.82 Å². The highest BCUT2D eigenvalue weighted by molar-refractivity contribution is 5.63. The van der Waals surface area contributed by atoms with Crippen LogP contribution in [0.3, 0.4) is 0 Å². The maximum Gasteiger partial charge on any atom is 0.252 e. The number of aliphatic hydroxyl groups excluding tert-OH is 1. The van der Waals surface area contributed by atoms with E-state index < -0.39 is 30.0 Å². The van der Waals surface area contributed by atoms with Gasteiger partial charge in [-0.2, -0.15) is 15.0 Å². The highest BCUT2D eigenvalue weighted by atomic mass is 19.3. The van der Waals surface area contributed by atoms with Crippen LogP contribution in [0.2, 0.25) is 0 Å². The summed E-state index contributed by atoms with van der Waals surface area (Å²) in [6, 6.07) is -0.885. The predicted molar refractivity (Wildman–Crippen MR) is 90.8 cm³/mol. The van der Waals surface area contributed by atoms with Crippen molar-refractivity contribution in [2.24, 2.45) is 0 Å². The summed E-state index contributed by atoms with van der Waals surface area (Å²) in [5.74, 6) is -4.76. The van der Waals surface area contributed by atoms with Crippen molar-refractivity contribution in [2.45, 2.75) is 75.0 Å². The van der Waals surface area contributed by atoms with Crippen molar-refractivity contribution in [1.29, 1.82) is 0 Å². The number of aromatic nitrogens is 3. The summed E-state index contributed by atoms with van der Waals surface area (Å²) >= 11 is 0. The van der Waals surface area contributed by atoms with Gasteiger partial charge in [-0.05, 0) is 30.9 Å². The second kappa shape index (κ2) is 6.57. The summed E-state index contributed by atoms with van der Waals surface area (Å²) in [7, 11) is 0. The van der Waals surface area contributed by atoms with E-state index in [1.54, 1.807) is 6.08 Å². The number of hydrogen-bond acceptors (Lipinski definition) is 6. The SMILES string of the molecule is O[C@H]1C=C(c2nc(NC3CC(F)(F)C3)nc(NC3CC(F)(F)C3)n2)CCC1. The Morgan fingerprint density at radius 1 is 0.889 bits per heavy atom. The molecule has 6 nitrogen and oxygen atoms in total. The van der Waals surface area contributed by atoms with Crippen molar-refractivity contribution >= 4 is 17.5 Å². The molecule has 0 unspecified atom stereocenters. The average molecular weight is 387 g/mol. The molecule has 1 aromatic rings. The molecule has 0 aliphatic heterocycles. The molecular formula is C17H21F4N5O. The summed E-state index contributed by atoms with van der Waals surface area (Å²) in [5, 5.41) is 15.6. The molecule has 1 atom stereocenters. The third kappa shape index (κ3) is 4.31. The van der Waals surface area contributed by atoms with E-state index >= 15 is 0 Å². The Morgan fingerprint density at radius 3 is 1.85 bits per heavy atom. The van der Waals surface area contributed by atoms with Crippen LogP contribution >= 0.6 is 0 Å². The summed E-state index contributed by atoms with van der Waals surface area (Å²) in [5.41, 5.74) is 0.736. The molecule has 2 saturated carbocycles. The molecule has 27 heavy (non-hydrogen) atoms. The molecule has 3 aliphatic carbocycles. The average Bonchev–Trinajstić information content (AvgIpc) is 2.51. The largest absolute Gasteiger partial charge is 0.389 e. The predicted octanol–water partition coefficient (Wildman–Crippen LogP) is 3.22. The van der Waals surface area contributed by atoms with Crippen molar-refractivity contribution in [3.8, 4) is 0 Å². The smallest absolute Gasteiger partial charge is 0.252 e. The molecule has 148 valence electrons. The number of nitrogens with zero attached hydrogens (tertiary/aromatic N) is 3. The fourth-order valence-electron chi connectivity index (χ4n) is 3.63. The highest BCUT2D eigenvalue weighted by Crippen LogP contribution is 2.40. The third-order valence-corrected chi connectivity index (χ3v) is 5.11. The van der Waals surface area contributed by atoms with Crippen molar-refractivity contribution in [3.63, 3.8) is 0 Å². The molecule has 0 aromatic carbocycles. The zero-order chi connectivity index (χ0) is 19.2. The second-order valence-electron chi connectivity index (χ2n) is 7.67. The summed E-state index contributed by atoms with van der Waals surface area (Å²) < 4.78 is 52.3. The van der Waals surface area contributed by atoms with Gasteiger partial charge in [-0.15, -0.1) is 0 Å². The monoisotopic (exact) mass is 387 g/mol. The van der Waals surface area contributed by atoms with E-state index in [0.717, 1.165) is 12.0 Å². The highest BCUT2D eigenvalue weighted by Gasteiger charge is 2.46. The Kier molecular flexibility index (Phi) is 4.48. The minimum Gasteiger partial charge on any atom is -0.389 e. The van der Waals surface area contributed by atoms with Crippen molar-refractivity contribution in [1.82, 2.24) is 15.0 Å². The Bertz CT molecular complexity index is 697. The van der Waals surface area contributed by atoms with Gasteiger partial charge >= 0.3 is 0 Å². The number of alkyl halides is 4. The van der Waals surface area contributed by atoms with Crippen molar-refractivity contribution in [2.75, 3.05) is 10.6 Å². The van der Waals surface area contributed by atoms with Crippen LogP contribution < -0.4 is 10.6 Å². The minimum atomic E-state index is -2.68. The molecule has 3 aliphatic rings. The Labute approximate surface area is 153 Å². The van der Waals surface area contributed by atoms with E-state index in [1.807, 2.05) is 0 Å². The molecular weight excluding hydrogens is 366 g/mol. The fraction of sp³-hybridized carbons (Fsp3) is 0.706. The Hall–Kier alpha value is -1.97. The first-order chi connectivity index (χ1) is 12.7. The van der Waals surface area contributed by atoms with Gasteiger partial charge in [0.1, 0.15) is 0 Å². The van der Waals surface area contributed by atoms with Gasteiger partial charge in [-0.3, -0.25) is 0 Å². The van der Waals surface area contributed by atoms with Crippen LogP contribution in [0, 0.1) is 0 Å². The van der Waals surface area contributed by atoms with Crippen molar-refractivity contribution < 1.29 is 22.7 Å². The molecule has 0 bridgehead atoms. The van der Waals surface area contributed by atoms with E-state index in [0.29, 0.717) is 18.7 Å². The molecule has 1 aromatic heterocycles. The van der Waals surface area contributed by atoms with E-state index in [4.69, 9.17) is 0 Å². The number of nitrogens with one attached hydrogen (secondary N) is 2. The number of allylic oxidation sites excluding steroid dienone is 1. The summed E-state index contributed by atoms with van der Waals surface area (Å²) in [6.07, 6.45) is 1.98. The van der Waals surface area contributed by atoms with Gasteiger partial charge in [0.25, 0.3) is 11.8 Å². The third-order valence-electron chi connectivity index (χ3n) is 5.11. The molecule has 3 N–H and O–H groups in total. The van der Waals surface area contributed by atoms with E-state index in [2.05, 4.69) is 25.6 Å². The first-order valence-corrected chi connectivity index (χ1v) is 9.11. The molecule has 1 heterocycles. The van der Waals surface area contributed by atoms with Crippen LogP contribution in [0.25, 0.3) is 5.57 Å². The minimum absolute atomic E-state index is 0.134. The van der Waals surface area contributed by atoms with Crippen LogP contribution in [0.4, 0.5) is 29.5 Å². The maximum atomic E-state index is 13.1. The lowest BCUT2D eigenvalue weighted by Gasteiger charge is -2.36. The van der Waals surface area contributed by atoms with E-state index in [-0.39, 0.29) is 37.6 Å². The first-order valence-electron chi connectivity index (χ1n) is 9.11. The molecule has 10 heteroatoms. The Morgan fingerprint density at radius 2 is 1.41 bits per heavy atom. The molecule has 0 amide bonds. The van der Waals surface area contributed by atoms with Crippen LogP contribution in [-0.2, 0) is 0 Å². The zero-order valence-corrected chi connectivity index (χ0v) is 14.6. The molecule has 0 radical (unpaired) electrons. The maximum absolute atomic E-state index is 13.1. The first kappa shape index (κ1) is 18.4.